The number of alkyl halides is 3. The number of aromatic nitrogens is 1. The fourth-order valence-electron chi connectivity index (χ4n) is 3.18. The van der Waals surface area contributed by atoms with Crippen LogP contribution in [0, 0.1) is 0 Å². The molecule has 0 aliphatic rings. The lowest BCUT2D eigenvalue weighted by molar-refractivity contribution is -0.115. The van der Waals surface area contributed by atoms with Gasteiger partial charge in [-0.1, -0.05) is 77.3 Å². The van der Waals surface area contributed by atoms with Crippen molar-refractivity contribution >= 4 is 52.4 Å². The molecule has 32 heavy (non-hydrogen) atoms. The van der Waals surface area contributed by atoms with Crippen LogP contribution >= 0.6 is 34.8 Å². The number of halogens is 3. The molecule has 0 saturated carbocycles. The van der Waals surface area contributed by atoms with E-state index in [0.717, 1.165) is 11.1 Å². The summed E-state index contributed by atoms with van der Waals surface area (Å²) in [5, 5.41) is 2.60. The molecule has 0 fully saturated rings. The molecule has 0 unspecified atom stereocenters. The van der Waals surface area contributed by atoms with Crippen LogP contribution in [0.25, 0.3) is 11.1 Å². The lowest BCUT2D eigenvalue weighted by Crippen LogP contribution is -2.28. The highest BCUT2D eigenvalue weighted by atomic mass is 35.6. The molecule has 0 aliphatic heterocycles. The Morgan fingerprint density at radius 2 is 1.69 bits per heavy atom. The van der Waals surface area contributed by atoms with E-state index in [-0.39, 0.29) is 18.0 Å². The summed E-state index contributed by atoms with van der Waals surface area (Å²) in [6, 6.07) is 16.7. The van der Waals surface area contributed by atoms with Crippen molar-refractivity contribution in [2.75, 3.05) is 19.0 Å². The molecule has 6 nitrogen and oxygen atoms in total. The standard InChI is InChI=1S/C23H21Cl3N2O4/c1-3-32-21(29)20-19(27-22(30)23(24,25)26)18(16-9-11-17(31-2)12-10-16)14-28(20)13-15-7-5-4-6-8-15/h4-12,14H,3,13H2,1-2H3,(H,27,30). The van der Waals surface area contributed by atoms with Gasteiger partial charge in [0.2, 0.25) is 0 Å². The van der Waals surface area contributed by atoms with Crippen LogP contribution in [0.2, 0.25) is 0 Å². The van der Waals surface area contributed by atoms with Gasteiger partial charge in [-0.2, -0.15) is 0 Å². The number of amides is 1. The number of hydrogen-bond donors (Lipinski definition) is 1. The monoisotopic (exact) mass is 494 g/mol. The van der Waals surface area contributed by atoms with Gasteiger partial charge in [0.05, 0.1) is 19.4 Å². The third kappa shape index (κ3) is 5.57. The SMILES string of the molecule is CCOC(=O)c1c(NC(=O)C(Cl)(Cl)Cl)c(-c2ccc(OC)cc2)cn1Cc1ccccc1. The second-order valence-electron chi connectivity index (χ2n) is 6.78. The Morgan fingerprint density at radius 1 is 1.03 bits per heavy atom. The maximum atomic E-state index is 12.9. The van der Waals surface area contributed by atoms with Crippen molar-refractivity contribution in [1.82, 2.24) is 4.57 Å². The van der Waals surface area contributed by atoms with Gasteiger partial charge in [0.25, 0.3) is 9.70 Å². The molecular weight excluding hydrogens is 475 g/mol. The topological polar surface area (TPSA) is 69.6 Å². The minimum absolute atomic E-state index is 0.143. The number of esters is 1. The van der Waals surface area contributed by atoms with Crippen LogP contribution in [0.3, 0.4) is 0 Å². The van der Waals surface area contributed by atoms with E-state index in [1.807, 2.05) is 30.3 Å². The summed E-state index contributed by atoms with van der Waals surface area (Å²) in [4.78, 5) is 25.5. The van der Waals surface area contributed by atoms with Gasteiger partial charge < -0.3 is 19.4 Å². The van der Waals surface area contributed by atoms with Gasteiger partial charge in [-0.3, -0.25) is 4.79 Å². The molecule has 0 bridgehead atoms. The lowest BCUT2D eigenvalue weighted by atomic mass is 10.1. The largest absolute Gasteiger partial charge is 0.497 e. The summed E-state index contributed by atoms with van der Waals surface area (Å²) in [6.07, 6.45) is 1.76. The van der Waals surface area contributed by atoms with Gasteiger partial charge in [0.15, 0.2) is 5.69 Å². The van der Waals surface area contributed by atoms with E-state index >= 15 is 0 Å². The first-order valence-electron chi connectivity index (χ1n) is 9.71. The van der Waals surface area contributed by atoms with Gasteiger partial charge in [0.1, 0.15) is 5.75 Å². The highest BCUT2D eigenvalue weighted by Crippen LogP contribution is 2.37. The average molecular weight is 496 g/mol. The van der Waals surface area contributed by atoms with Crippen LogP contribution in [0.15, 0.2) is 60.8 Å². The molecule has 2 aromatic carbocycles. The molecule has 3 rings (SSSR count). The molecular formula is C23H21Cl3N2O4. The number of ether oxygens (including phenoxy) is 2. The van der Waals surface area contributed by atoms with Crippen LogP contribution in [-0.2, 0) is 16.1 Å². The molecule has 1 amide bonds. The van der Waals surface area contributed by atoms with E-state index in [1.54, 1.807) is 49.1 Å². The second-order valence-corrected chi connectivity index (χ2v) is 9.06. The van der Waals surface area contributed by atoms with E-state index in [1.165, 1.54) is 0 Å². The highest BCUT2D eigenvalue weighted by molar-refractivity contribution is 6.76. The Balaban J connectivity index is 2.19. The van der Waals surface area contributed by atoms with Crippen LogP contribution in [0.5, 0.6) is 5.75 Å². The molecule has 3 aromatic rings. The Kier molecular flexibility index (Phi) is 7.72. The van der Waals surface area contributed by atoms with Gasteiger partial charge in [0, 0.05) is 18.3 Å². The molecule has 0 spiro atoms. The van der Waals surface area contributed by atoms with Gasteiger partial charge >= 0.3 is 5.97 Å². The van der Waals surface area contributed by atoms with Crippen LogP contribution in [0.4, 0.5) is 5.69 Å². The Labute approximate surface area is 201 Å². The molecule has 168 valence electrons. The number of nitrogens with zero attached hydrogens (tertiary/aromatic N) is 1. The number of carbonyl (C=O) groups is 2. The van der Waals surface area contributed by atoms with Crippen LogP contribution < -0.4 is 10.1 Å². The predicted octanol–water partition coefficient (Wildman–Crippen LogP) is 5.70. The van der Waals surface area contributed by atoms with Gasteiger partial charge in [-0.05, 0) is 30.2 Å². The third-order valence-corrected chi connectivity index (χ3v) is 5.15. The minimum Gasteiger partial charge on any atom is -0.497 e. The molecule has 0 radical (unpaired) electrons. The first kappa shape index (κ1) is 24.0. The summed E-state index contributed by atoms with van der Waals surface area (Å²) in [5.41, 5.74) is 2.58. The van der Waals surface area contributed by atoms with E-state index in [9.17, 15) is 9.59 Å². The van der Waals surface area contributed by atoms with E-state index in [4.69, 9.17) is 44.3 Å². The molecule has 1 N–H and O–H groups in total. The molecule has 1 aromatic heterocycles. The normalized spacial score (nSPS) is 11.2. The summed E-state index contributed by atoms with van der Waals surface area (Å²) in [7, 11) is 1.57. The predicted molar refractivity (Wildman–Crippen MR) is 127 cm³/mol. The Morgan fingerprint density at radius 3 is 2.25 bits per heavy atom. The lowest BCUT2D eigenvalue weighted by Gasteiger charge is -2.15. The maximum Gasteiger partial charge on any atom is 0.357 e. The molecule has 0 saturated heterocycles. The second kappa shape index (κ2) is 10.3. The fourth-order valence-corrected chi connectivity index (χ4v) is 3.32. The van der Waals surface area contributed by atoms with Crippen LogP contribution in [0.1, 0.15) is 23.0 Å². The average Bonchev–Trinajstić information content (AvgIpc) is 3.11. The zero-order valence-corrected chi connectivity index (χ0v) is 19.7. The number of rotatable bonds is 7. The molecule has 9 heteroatoms. The number of anilines is 1. The summed E-state index contributed by atoms with van der Waals surface area (Å²) in [5.74, 6) is -0.835. The van der Waals surface area contributed by atoms with Crippen molar-refractivity contribution in [3.63, 3.8) is 0 Å². The van der Waals surface area contributed by atoms with Crippen molar-refractivity contribution in [2.24, 2.45) is 0 Å². The Bertz CT molecular complexity index is 1090. The molecule has 0 atom stereocenters. The van der Waals surface area contributed by atoms with Crippen molar-refractivity contribution in [3.8, 4) is 16.9 Å². The number of methoxy groups -OCH3 is 1. The number of carbonyl (C=O) groups excluding carboxylic acids is 2. The maximum absolute atomic E-state index is 12.9. The smallest absolute Gasteiger partial charge is 0.357 e. The van der Waals surface area contributed by atoms with Crippen molar-refractivity contribution in [2.45, 2.75) is 17.3 Å². The minimum atomic E-state index is -2.22. The van der Waals surface area contributed by atoms with Crippen molar-refractivity contribution < 1.29 is 19.1 Å². The van der Waals surface area contributed by atoms with Gasteiger partial charge in [-0.25, -0.2) is 4.79 Å². The van der Waals surface area contributed by atoms with Gasteiger partial charge in [-0.15, -0.1) is 0 Å². The fraction of sp³-hybridized carbons (Fsp3) is 0.217. The zero-order valence-electron chi connectivity index (χ0n) is 17.4. The molecule has 1 heterocycles. The highest BCUT2D eigenvalue weighted by Gasteiger charge is 2.34. The summed E-state index contributed by atoms with van der Waals surface area (Å²) < 4.78 is 9.98. The first-order chi connectivity index (χ1) is 15.2. The number of hydrogen-bond acceptors (Lipinski definition) is 4. The Hall–Kier alpha value is -2.67. The van der Waals surface area contributed by atoms with Crippen LogP contribution in [-0.4, -0.2) is 34.0 Å². The number of nitrogens with one attached hydrogen (secondary N) is 1. The third-order valence-electron chi connectivity index (χ3n) is 4.64. The van der Waals surface area contributed by atoms with E-state index in [0.29, 0.717) is 17.9 Å². The van der Waals surface area contributed by atoms with Crippen molar-refractivity contribution in [3.05, 3.63) is 72.1 Å². The quantitative estimate of drug-likeness (QED) is 0.337. The number of benzene rings is 2. The summed E-state index contributed by atoms with van der Waals surface area (Å²) >= 11 is 17.3. The van der Waals surface area contributed by atoms with E-state index in [2.05, 4.69) is 5.32 Å². The first-order valence-corrected chi connectivity index (χ1v) is 10.8. The van der Waals surface area contributed by atoms with E-state index < -0.39 is 15.7 Å². The summed E-state index contributed by atoms with van der Waals surface area (Å²) in [6.45, 7) is 2.22. The molecule has 0 aliphatic carbocycles. The van der Waals surface area contributed by atoms with Crippen molar-refractivity contribution in [1.29, 1.82) is 0 Å². The zero-order chi connectivity index (χ0) is 23.3.